The number of hydrogen-bond acceptors (Lipinski definition) is 3. The summed E-state index contributed by atoms with van der Waals surface area (Å²) in [6.45, 7) is 0.277. The van der Waals surface area contributed by atoms with Gasteiger partial charge in [0.2, 0.25) is 10.0 Å². The van der Waals surface area contributed by atoms with Crippen molar-refractivity contribution < 1.29 is 13.2 Å². The van der Waals surface area contributed by atoms with Crippen molar-refractivity contribution in [3.05, 3.63) is 71.3 Å². The lowest BCUT2D eigenvalue weighted by Gasteiger charge is -2.17. The molecule has 0 atom stereocenters. The highest BCUT2D eigenvalue weighted by atomic mass is 32.2. The molecular weight excluding hydrogens is 336 g/mol. The second kappa shape index (κ2) is 7.37. The molecule has 0 bridgehead atoms. The van der Waals surface area contributed by atoms with E-state index in [2.05, 4.69) is 5.32 Å². The van der Waals surface area contributed by atoms with Crippen LogP contribution in [0.5, 0.6) is 0 Å². The van der Waals surface area contributed by atoms with Gasteiger partial charge < -0.3 is 5.32 Å². The van der Waals surface area contributed by atoms with E-state index < -0.39 is 10.0 Å². The number of sulfonamides is 1. The number of benzene rings is 2. The molecule has 25 heavy (non-hydrogen) atoms. The summed E-state index contributed by atoms with van der Waals surface area (Å²) in [5.74, 6) is -0.0919. The SMILES string of the molecule is CN(Cc1ccc(C(=O)NC2CC2)cc1)S(=O)(=O)Cc1ccccc1. The van der Waals surface area contributed by atoms with Crippen molar-refractivity contribution in [3.8, 4) is 0 Å². The van der Waals surface area contributed by atoms with E-state index in [0.29, 0.717) is 11.6 Å². The lowest BCUT2D eigenvalue weighted by molar-refractivity contribution is 0.0951. The highest BCUT2D eigenvalue weighted by molar-refractivity contribution is 7.88. The first-order valence-electron chi connectivity index (χ1n) is 8.32. The van der Waals surface area contributed by atoms with Gasteiger partial charge in [0.1, 0.15) is 0 Å². The van der Waals surface area contributed by atoms with Crippen LogP contribution in [0.3, 0.4) is 0 Å². The second-order valence-corrected chi connectivity index (χ2v) is 8.52. The minimum Gasteiger partial charge on any atom is -0.349 e. The Morgan fingerprint density at radius 1 is 1.04 bits per heavy atom. The molecule has 5 nitrogen and oxygen atoms in total. The van der Waals surface area contributed by atoms with Crippen molar-refractivity contribution in [2.75, 3.05) is 7.05 Å². The molecule has 0 aromatic heterocycles. The van der Waals surface area contributed by atoms with E-state index in [4.69, 9.17) is 0 Å². The van der Waals surface area contributed by atoms with Crippen LogP contribution >= 0.6 is 0 Å². The topological polar surface area (TPSA) is 66.5 Å². The number of amides is 1. The molecule has 6 heteroatoms. The van der Waals surface area contributed by atoms with Gasteiger partial charge in [-0.25, -0.2) is 12.7 Å². The van der Waals surface area contributed by atoms with Gasteiger partial charge in [-0.05, 0) is 36.1 Å². The molecule has 0 heterocycles. The Morgan fingerprint density at radius 3 is 2.28 bits per heavy atom. The van der Waals surface area contributed by atoms with Crippen LogP contribution in [0.2, 0.25) is 0 Å². The van der Waals surface area contributed by atoms with Gasteiger partial charge in [0.05, 0.1) is 5.75 Å². The average Bonchev–Trinajstić information content (AvgIpc) is 3.40. The average molecular weight is 358 g/mol. The number of hydrogen-bond donors (Lipinski definition) is 1. The molecule has 0 unspecified atom stereocenters. The van der Waals surface area contributed by atoms with E-state index >= 15 is 0 Å². The fraction of sp³-hybridized carbons (Fsp3) is 0.316. The van der Waals surface area contributed by atoms with Crippen molar-refractivity contribution in [3.63, 3.8) is 0 Å². The van der Waals surface area contributed by atoms with Crippen molar-refractivity contribution >= 4 is 15.9 Å². The molecule has 2 aromatic rings. The molecule has 1 amide bonds. The van der Waals surface area contributed by atoms with Gasteiger partial charge in [-0.3, -0.25) is 4.79 Å². The van der Waals surface area contributed by atoms with Crippen molar-refractivity contribution in [2.24, 2.45) is 0 Å². The van der Waals surface area contributed by atoms with E-state index in [9.17, 15) is 13.2 Å². The van der Waals surface area contributed by atoms with Crippen LogP contribution in [0, 0.1) is 0 Å². The smallest absolute Gasteiger partial charge is 0.251 e. The van der Waals surface area contributed by atoms with Gasteiger partial charge in [-0.15, -0.1) is 0 Å². The standard InChI is InChI=1S/C19H22N2O3S/c1-21(25(23,24)14-16-5-3-2-4-6-16)13-15-7-9-17(10-8-15)19(22)20-18-11-12-18/h2-10,18H,11-14H2,1H3,(H,20,22). The third kappa shape index (κ3) is 4.90. The minimum atomic E-state index is -3.39. The summed E-state index contributed by atoms with van der Waals surface area (Å²) in [6.07, 6.45) is 2.10. The zero-order valence-corrected chi connectivity index (χ0v) is 15.0. The van der Waals surface area contributed by atoms with Crippen LogP contribution in [-0.4, -0.2) is 31.7 Å². The van der Waals surface area contributed by atoms with Gasteiger partial charge in [-0.2, -0.15) is 0 Å². The number of rotatable bonds is 7. The van der Waals surface area contributed by atoms with Crippen LogP contribution in [0.25, 0.3) is 0 Å². The van der Waals surface area contributed by atoms with Crippen molar-refractivity contribution in [2.45, 2.75) is 31.2 Å². The predicted octanol–water partition coefficient (Wildman–Crippen LogP) is 2.54. The van der Waals surface area contributed by atoms with Crippen LogP contribution in [-0.2, 0) is 22.3 Å². The fourth-order valence-electron chi connectivity index (χ4n) is 2.51. The van der Waals surface area contributed by atoms with Gasteiger partial charge in [0.15, 0.2) is 0 Å². The molecule has 2 aromatic carbocycles. The van der Waals surface area contributed by atoms with Gasteiger partial charge >= 0.3 is 0 Å². The summed E-state index contributed by atoms with van der Waals surface area (Å²) < 4.78 is 26.3. The molecule has 1 N–H and O–H groups in total. The molecule has 0 saturated heterocycles. The first-order chi connectivity index (χ1) is 11.9. The first-order valence-corrected chi connectivity index (χ1v) is 9.93. The molecule has 0 radical (unpaired) electrons. The lowest BCUT2D eigenvalue weighted by Crippen LogP contribution is -2.28. The molecule has 132 valence electrons. The third-order valence-electron chi connectivity index (χ3n) is 4.20. The van der Waals surface area contributed by atoms with Crippen molar-refractivity contribution in [1.29, 1.82) is 0 Å². The van der Waals surface area contributed by atoms with E-state index in [1.165, 1.54) is 4.31 Å². The summed E-state index contributed by atoms with van der Waals surface area (Å²) in [4.78, 5) is 12.0. The molecule has 1 fully saturated rings. The monoisotopic (exact) mass is 358 g/mol. The van der Waals surface area contributed by atoms with Crippen LogP contribution in [0.1, 0.15) is 34.3 Å². The number of nitrogens with zero attached hydrogens (tertiary/aromatic N) is 1. The Morgan fingerprint density at radius 2 is 1.68 bits per heavy atom. The number of carbonyl (C=O) groups excluding carboxylic acids is 1. The lowest BCUT2D eigenvalue weighted by atomic mass is 10.1. The van der Waals surface area contributed by atoms with Gasteiger partial charge in [0, 0.05) is 25.2 Å². The van der Waals surface area contributed by atoms with E-state index in [-0.39, 0.29) is 18.2 Å². The Kier molecular flexibility index (Phi) is 5.20. The maximum Gasteiger partial charge on any atom is 0.251 e. The zero-order chi connectivity index (χ0) is 17.9. The fourth-order valence-corrected chi connectivity index (χ4v) is 3.69. The maximum atomic E-state index is 12.5. The van der Waals surface area contributed by atoms with E-state index in [0.717, 1.165) is 24.0 Å². The first kappa shape index (κ1) is 17.6. The largest absolute Gasteiger partial charge is 0.349 e. The normalized spacial score (nSPS) is 14.5. The quantitative estimate of drug-likeness (QED) is 0.827. The third-order valence-corrected chi connectivity index (χ3v) is 5.98. The minimum absolute atomic E-state index is 0.0216. The highest BCUT2D eigenvalue weighted by Gasteiger charge is 2.24. The molecular formula is C19H22N2O3S. The molecule has 0 aliphatic heterocycles. The Balaban J connectivity index is 1.61. The summed E-state index contributed by atoms with van der Waals surface area (Å²) in [7, 11) is -1.82. The zero-order valence-electron chi connectivity index (χ0n) is 14.2. The second-order valence-electron chi connectivity index (χ2n) is 6.44. The summed E-state index contributed by atoms with van der Waals surface area (Å²) in [5, 5.41) is 2.94. The van der Waals surface area contributed by atoms with Gasteiger partial charge in [0.25, 0.3) is 5.91 Å². The molecule has 1 aliphatic rings. The molecule has 3 rings (SSSR count). The summed E-state index contributed by atoms with van der Waals surface area (Å²) in [6, 6.07) is 16.5. The summed E-state index contributed by atoms with van der Waals surface area (Å²) in [5.41, 5.74) is 2.22. The Bertz CT molecular complexity index is 829. The van der Waals surface area contributed by atoms with Crippen LogP contribution in [0.4, 0.5) is 0 Å². The highest BCUT2D eigenvalue weighted by Crippen LogP contribution is 2.19. The van der Waals surface area contributed by atoms with Crippen molar-refractivity contribution in [1.82, 2.24) is 9.62 Å². The number of nitrogens with one attached hydrogen (secondary N) is 1. The number of carbonyl (C=O) groups is 1. The Labute approximate surface area is 148 Å². The van der Waals surface area contributed by atoms with E-state index in [1.54, 1.807) is 43.4 Å². The maximum absolute atomic E-state index is 12.5. The van der Waals surface area contributed by atoms with E-state index in [1.807, 2.05) is 18.2 Å². The Hall–Kier alpha value is -2.18. The molecule has 0 spiro atoms. The molecule has 1 aliphatic carbocycles. The van der Waals surface area contributed by atoms with Gasteiger partial charge in [-0.1, -0.05) is 42.5 Å². The van der Waals surface area contributed by atoms with Crippen LogP contribution < -0.4 is 5.32 Å². The predicted molar refractivity (Wildman–Crippen MR) is 97.5 cm³/mol. The van der Waals surface area contributed by atoms with Crippen LogP contribution in [0.15, 0.2) is 54.6 Å². The summed E-state index contributed by atoms with van der Waals surface area (Å²) >= 11 is 0. The molecule has 1 saturated carbocycles.